The van der Waals surface area contributed by atoms with Crippen LogP contribution in [0.15, 0.2) is 18.3 Å². The summed E-state index contributed by atoms with van der Waals surface area (Å²) in [5.74, 6) is 0.0377. The van der Waals surface area contributed by atoms with Gasteiger partial charge in [0.1, 0.15) is 0 Å². The zero-order chi connectivity index (χ0) is 21.4. The number of carbonyl (C=O) groups is 1. The third kappa shape index (κ3) is 4.01. The largest absolute Gasteiger partial charge is 0.340 e. The van der Waals surface area contributed by atoms with Crippen LogP contribution in [0.3, 0.4) is 0 Å². The van der Waals surface area contributed by atoms with Crippen LogP contribution < -0.4 is 0 Å². The smallest absolute Gasteiger partial charge is 0.254 e. The molecule has 7 heteroatoms. The normalized spacial score (nSPS) is 14.9. The van der Waals surface area contributed by atoms with Gasteiger partial charge in [-0.1, -0.05) is 0 Å². The standard InChI is InChI=1S/C23H31N5OS/c1-15(2)28-22-20(14-24-28)19(13-21(25-22)18-12-16(3)30-17(18)4)23(29)26(5)10-11-27-8-6-7-9-27/h12-15H,6-11H2,1-5H3. The number of carbonyl (C=O) groups excluding carboxylic acids is 1. The van der Waals surface area contributed by atoms with E-state index in [0.717, 1.165) is 48.5 Å². The first-order valence-electron chi connectivity index (χ1n) is 10.8. The Balaban J connectivity index is 1.73. The Bertz CT molecular complexity index is 1060. The first kappa shape index (κ1) is 21.0. The molecule has 0 spiro atoms. The minimum atomic E-state index is 0.0377. The van der Waals surface area contributed by atoms with Crippen LogP contribution in [-0.4, -0.2) is 63.7 Å². The van der Waals surface area contributed by atoms with Crippen LogP contribution in [0.5, 0.6) is 0 Å². The van der Waals surface area contributed by atoms with E-state index in [0.29, 0.717) is 5.56 Å². The third-order valence-corrected chi connectivity index (χ3v) is 6.87. The molecule has 3 aromatic heterocycles. The molecule has 1 aliphatic heterocycles. The van der Waals surface area contributed by atoms with Crippen LogP contribution in [-0.2, 0) is 0 Å². The maximum atomic E-state index is 13.5. The molecule has 6 nitrogen and oxygen atoms in total. The number of likely N-dealkylation sites (N-methyl/N-ethyl adjacent to an activating group) is 1. The molecule has 0 atom stereocenters. The van der Waals surface area contributed by atoms with Gasteiger partial charge >= 0.3 is 0 Å². The van der Waals surface area contributed by atoms with Gasteiger partial charge in [-0.15, -0.1) is 11.3 Å². The number of thiophene rings is 1. The topological polar surface area (TPSA) is 54.3 Å². The molecule has 0 aliphatic carbocycles. The van der Waals surface area contributed by atoms with Crippen LogP contribution in [0.25, 0.3) is 22.3 Å². The third-order valence-electron chi connectivity index (χ3n) is 5.90. The number of hydrogen-bond donors (Lipinski definition) is 0. The molecule has 0 aromatic carbocycles. The second-order valence-electron chi connectivity index (χ2n) is 8.58. The van der Waals surface area contributed by atoms with Gasteiger partial charge in [-0.3, -0.25) is 4.79 Å². The summed E-state index contributed by atoms with van der Waals surface area (Å²) >= 11 is 1.76. The fourth-order valence-corrected chi connectivity index (χ4v) is 5.13. The molecule has 0 unspecified atom stereocenters. The van der Waals surface area contributed by atoms with Crippen molar-refractivity contribution in [2.45, 2.75) is 46.6 Å². The van der Waals surface area contributed by atoms with Gasteiger partial charge in [0.15, 0.2) is 5.65 Å². The average molecular weight is 426 g/mol. The van der Waals surface area contributed by atoms with E-state index in [9.17, 15) is 4.79 Å². The first-order chi connectivity index (χ1) is 14.3. The highest BCUT2D eigenvalue weighted by atomic mass is 32.1. The Kier molecular flexibility index (Phi) is 5.93. The highest BCUT2D eigenvalue weighted by Crippen LogP contribution is 2.32. The number of likely N-dealkylation sites (tertiary alicyclic amines) is 1. The molecule has 4 heterocycles. The summed E-state index contributed by atoms with van der Waals surface area (Å²) in [5.41, 5.74) is 3.42. The lowest BCUT2D eigenvalue weighted by atomic mass is 10.1. The van der Waals surface area contributed by atoms with Crippen molar-refractivity contribution >= 4 is 28.3 Å². The number of aryl methyl sites for hydroxylation is 2. The summed E-state index contributed by atoms with van der Waals surface area (Å²) in [6.07, 6.45) is 4.32. The molecule has 1 aliphatic rings. The molecule has 1 fully saturated rings. The molecule has 160 valence electrons. The Hall–Kier alpha value is -2.25. The second-order valence-corrected chi connectivity index (χ2v) is 10.0. The number of rotatable bonds is 6. The van der Waals surface area contributed by atoms with Crippen molar-refractivity contribution < 1.29 is 4.79 Å². The van der Waals surface area contributed by atoms with E-state index < -0.39 is 0 Å². The van der Waals surface area contributed by atoms with E-state index in [1.54, 1.807) is 17.5 Å². The molecule has 0 saturated carbocycles. The SMILES string of the molecule is Cc1cc(-c2cc(C(=O)N(C)CCN3CCCC3)c3cnn(C(C)C)c3n2)c(C)s1. The number of amides is 1. The molecular weight excluding hydrogens is 394 g/mol. The quantitative estimate of drug-likeness (QED) is 0.582. The van der Waals surface area contributed by atoms with Crippen molar-refractivity contribution in [2.24, 2.45) is 0 Å². The van der Waals surface area contributed by atoms with Crippen LogP contribution in [0.1, 0.15) is 52.8 Å². The van der Waals surface area contributed by atoms with E-state index in [2.05, 4.69) is 43.8 Å². The van der Waals surface area contributed by atoms with E-state index in [4.69, 9.17) is 4.98 Å². The summed E-state index contributed by atoms with van der Waals surface area (Å²) in [7, 11) is 1.90. The number of aromatic nitrogens is 3. The fourth-order valence-electron chi connectivity index (χ4n) is 4.20. The van der Waals surface area contributed by atoms with Gasteiger partial charge < -0.3 is 9.80 Å². The van der Waals surface area contributed by atoms with Gasteiger partial charge in [0, 0.05) is 41.5 Å². The van der Waals surface area contributed by atoms with E-state index in [-0.39, 0.29) is 11.9 Å². The highest BCUT2D eigenvalue weighted by Gasteiger charge is 2.22. The van der Waals surface area contributed by atoms with Gasteiger partial charge in [-0.2, -0.15) is 5.10 Å². The van der Waals surface area contributed by atoms with Crippen molar-refractivity contribution in [3.8, 4) is 11.3 Å². The molecule has 3 aromatic rings. The first-order valence-corrected chi connectivity index (χ1v) is 11.6. The highest BCUT2D eigenvalue weighted by molar-refractivity contribution is 7.12. The molecule has 4 rings (SSSR count). The van der Waals surface area contributed by atoms with Crippen LogP contribution in [0, 0.1) is 13.8 Å². The van der Waals surface area contributed by atoms with Crippen molar-refractivity contribution in [2.75, 3.05) is 33.2 Å². The number of hydrogen-bond acceptors (Lipinski definition) is 5. The van der Waals surface area contributed by atoms with Gasteiger partial charge in [0.25, 0.3) is 5.91 Å². The van der Waals surface area contributed by atoms with E-state index >= 15 is 0 Å². The average Bonchev–Trinajstić information content (AvgIpc) is 3.44. The lowest BCUT2D eigenvalue weighted by Crippen LogP contribution is -2.35. The molecular formula is C23H31N5OS. The zero-order valence-electron chi connectivity index (χ0n) is 18.6. The second kappa shape index (κ2) is 8.47. The predicted molar refractivity (Wildman–Crippen MR) is 123 cm³/mol. The Morgan fingerprint density at radius 2 is 1.97 bits per heavy atom. The van der Waals surface area contributed by atoms with Crippen molar-refractivity contribution in [3.63, 3.8) is 0 Å². The lowest BCUT2D eigenvalue weighted by Gasteiger charge is -2.22. The number of nitrogens with zero attached hydrogens (tertiary/aromatic N) is 5. The fraction of sp³-hybridized carbons (Fsp3) is 0.522. The molecule has 0 N–H and O–H groups in total. The van der Waals surface area contributed by atoms with Gasteiger partial charge in [-0.05, 0) is 65.8 Å². The number of pyridine rings is 1. The Morgan fingerprint density at radius 3 is 2.60 bits per heavy atom. The summed E-state index contributed by atoms with van der Waals surface area (Å²) in [5, 5.41) is 5.38. The maximum absolute atomic E-state index is 13.5. The summed E-state index contributed by atoms with van der Waals surface area (Å²) in [6.45, 7) is 12.3. The van der Waals surface area contributed by atoms with Crippen LogP contribution >= 0.6 is 11.3 Å². The molecule has 30 heavy (non-hydrogen) atoms. The maximum Gasteiger partial charge on any atom is 0.254 e. The lowest BCUT2D eigenvalue weighted by molar-refractivity contribution is 0.0784. The van der Waals surface area contributed by atoms with Crippen molar-refractivity contribution in [3.05, 3.63) is 33.6 Å². The number of fused-ring (bicyclic) bond motifs is 1. The molecule has 0 bridgehead atoms. The Labute approximate surface area is 182 Å². The Morgan fingerprint density at radius 1 is 1.23 bits per heavy atom. The van der Waals surface area contributed by atoms with E-state index in [1.807, 2.05) is 22.7 Å². The molecule has 1 amide bonds. The predicted octanol–water partition coefficient (Wildman–Crippen LogP) is 4.53. The summed E-state index contributed by atoms with van der Waals surface area (Å²) < 4.78 is 1.91. The van der Waals surface area contributed by atoms with Crippen LogP contribution in [0.2, 0.25) is 0 Å². The molecule has 1 saturated heterocycles. The van der Waals surface area contributed by atoms with Gasteiger partial charge in [-0.25, -0.2) is 9.67 Å². The van der Waals surface area contributed by atoms with Gasteiger partial charge in [0.05, 0.1) is 22.8 Å². The van der Waals surface area contributed by atoms with Gasteiger partial charge in [0.2, 0.25) is 0 Å². The van der Waals surface area contributed by atoms with Crippen molar-refractivity contribution in [1.29, 1.82) is 0 Å². The summed E-state index contributed by atoms with van der Waals surface area (Å²) in [6, 6.07) is 4.29. The zero-order valence-corrected chi connectivity index (χ0v) is 19.4. The minimum absolute atomic E-state index is 0.0377. The van der Waals surface area contributed by atoms with Crippen molar-refractivity contribution in [1.82, 2.24) is 24.6 Å². The molecule has 0 radical (unpaired) electrons. The van der Waals surface area contributed by atoms with Crippen LogP contribution in [0.4, 0.5) is 0 Å². The van der Waals surface area contributed by atoms with E-state index in [1.165, 1.54) is 22.6 Å². The monoisotopic (exact) mass is 425 g/mol. The minimum Gasteiger partial charge on any atom is -0.340 e. The summed E-state index contributed by atoms with van der Waals surface area (Å²) in [4.78, 5) is 25.1.